The molecule has 5 rings (SSSR count). The largest absolute Gasteiger partial charge is 0.351 e. The van der Waals surface area contributed by atoms with Gasteiger partial charge in [-0.3, -0.25) is 9.59 Å². The molecular weight excluding hydrogens is 624 g/mol. The number of halogens is 2. The molecule has 0 spiro atoms. The van der Waals surface area contributed by atoms with Crippen molar-refractivity contribution in [1.82, 2.24) is 4.90 Å². The lowest BCUT2D eigenvalue weighted by molar-refractivity contribution is -0.113. The lowest BCUT2D eigenvalue weighted by atomic mass is 9.93. The third-order valence-corrected chi connectivity index (χ3v) is 8.78. The quantitative estimate of drug-likeness (QED) is 0.199. The van der Waals surface area contributed by atoms with E-state index < -0.39 is 0 Å². The van der Waals surface area contributed by atoms with E-state index in [-0.39, 0.29) is 18.1 Å². The van der Waals surface area contributed by atoms with Crippen LogP contribution in [0, 0.1) is 0 Å². The van der Waals surface area contributed by atoms with Gasteiger partial charge in [0.15, 0.2) is 11.0 Å². The van der Waals surface area contributed by atoms with Crippen molar-refractivity contribution in [2.24, 2.45) is 4.99 Å². The summed E-state index contributed by atoms with van der Waals surface area (Å²) in [5.41, 5.74) is 4.13. The first-order valence-corrected chi connectivity index (χ1v) is 15.0. The molecule has 38 heavy (non-hydrogen) atoms. The van der Waals surface area contributed by atoms with E-state index in [4.69, 9.17) is 0 Å². The van der Waals surface area contributed by atoms with Gasteiger partial charge >= 0.3 is 0 Å². The molecule has 3 aromatic carbocycles. The van der Waals surface area contributed by atoms with Gasteiger partial charge in [-0.05, 0) is 78.1 Å². The lowest BCUT2D eigenvalue weighted by Crippen LogP contribution is -2.33. The van der Waals surface area contributed by atoms with Crippen LogP contribution >= 0.6 is 43.6 Å². The minimum absolute atomic E-state index is 0.0171. The monoisotopic (exact) mass is 648 g/mol. The number of amides is 1. The fourth-order valence-corrected chi connectivity index (χ4v) is 6.14. The number of carbonyl (C=O) groups excluding carboxylic acids is 2. The summed E-state index contributed by atoms with van der Waals surface area (Å²) < 4.78 is 1.88. The fourth-order valence-electron chi connectivity index (χ4n) is 4.57. The molecule has 1 saturated heterocycles. The second-order valence-corrected chi connectivity index (χ2v) is 12.1. The molecule has 1 amide bonds. The third-order valence-electron chi connectivity index (χ3n) is 6.59. The van der Waals surface area contributed by atoms with E-state index in [1.54, 1.807) is 0 Å². The maximum atomic E-state index is 13.4. The minimum atomic E-state index is -0.226. The van der Waals surface area contributed by atoms with E-state index in [0.29, 0.717) is 10.5 Å². The predicted octanol–water partition coefficient (Wildman–Crippen LogP) is 8.39. The van der Waals surface area contributed by atoms with Gasteiger partial charge in [0.05, 0.1) is 4.91 Å². The Hall–Kier alpha value is -2.74. The van der Waals surface area contributed by atoms with Crippen LogP contribution in [0.5, 0.6) is 0 Å². The SMILES string of the molecule is O=C1N=C(N2CCCCC2)SC1=C(C=C(CC(=O)c1ccc(Br)cc1)c1ccccc1)c1ccc(Br)cc1. The minimum Gasteiger partial charge on any atom is -0.351 e. The standard InChI is InChI=1S/C31H26Br2N2O2S/c32-25-13-9-22(10-14-25)27(29-30(37)34-31(38-29)35-17-5-2-6-18-35)19-24(21-7-3-1-4-8-21)20-28(36)23-11-15-26(33)16-12-23/h1,3-4,7-16,19H,2,5-6,17-18,20H2. The van der Waals surface area contributed by atoms with Crippen LogP contribution in [0.15, 0.2) is 104 Å². The summed E-state index contributed by atoms with van der Waals surface area (Å²) in [6, 6.07) is 25.2. The third kappa shape index (κ3) is 6.45. The molecule has 0 aliphatic carbocycles. The zero-order valence-electron chi connectivity index (χ0n) is 20.7. The molecule has 0 aromatic heterocycles. The highest BCUT2D eigenvalue weighted by Gasteiger charge is 2.30. The van der Waals surface area contributed by atoms with Gasteiger partial charge in [-0.25, -0.2) is 0 Å². The van der Waals surface area contributed by atoms with Crippen molar-refractivity contribution in [2.45, 2.75) is 25.7 Å². The first-order chi connectivity index (χ1) is 18.5. The molecule has 0 bridgehead atoms. The number of thioether (sulfide) groups is 1. The number of carbonyl (C=O) groups is 2. The highest BCUT2D eigenvalue weighted by Crippen LogP contribution is 2.38. The van der Waals surface area contributed by atoms with E-state index in [1.165, 1.54) is 18.2 Å². The van der Waals surface area contributed by atoms with Gasteiger partial charge in [-0.2, -0.15) is 4.99 Å². The second kappa shape index (κ2) is 12.4. The number of piperidine rings is 1. The second-order valence-electron chi connectivity index (χ2n) is 9.24. The summed E-state index contributed by atoms with van der Waals surface area (Å²) in [6.45, 7) is 1.85. The topological polar surface area (TPSA) is 49.7 Å². The van der Waals surface area contributed by atoms with Crippen LogP contribution in [0.1, 0.15) is 47.2 Å². The fraction of sp³-hybridized carbons (Fsp3) is 0.194. The molecule has 0 N–H and O–H groups in total. The lowest BCUT2D eigenvalue weighted by Gasteiger charge is -2.27. The van der Waals surface area contributed by atoms with Gasteiger partial charge < -0.3 is 4.90 Å². The summed E-state index contributed by atoms with van der Waals surface area (Å²) in [5.74, 6) is -0.209. The van der Waals surface area contributed by atoms with Gasteiger partial charge in [-0.15, -0.1) is 0 Å². The van der Waals surface area contributed by atoms with Gasteiger partial charge in [-0.1, -0.05) is 86.5 Å². The van der Waals surface area contributed by atoms with Crippen LogP contribution in [-0.2, 0) is 4.79 Å². The molecule has 0 atom stereocenters. The first-order valence-electron chi connectivity index (χ1n) is 12.6. The number of nitrogens with zero attached hydrogens (tertiary/aromatic N) is 2. The number of likely N-dealkylation sites (tertiary alicyclic amines) is 1. The van der Waals surface area contributed by atoms with Crippen molar-refractivity contribution in [2.75, 3.05) is 13.1 Å². The molecule has 4 nitrogen and oxygen atoms in total. The number of benzene rings is 3. The van der Waals surface area contributed by atoms with E-state index in [9.17, 15) is 9.59 Å². The molecule has 3 aromatic rings. The van der Waals surface area contributed by atoms with Crippen molar-refractivity contribution in [1.29, 1.82) is 0 Å². The Labute approximate surface area is 244 Å². The van der Waals surface area contributed by atoms with Crippen molar-refractivity contribution in [3.8, 4) is 0 Å². The molecule has 192 valence electrons. The Morgan fingerprint density at radius 2 is 1.42 bits per heavy atom. The highest BCUT2D eigenvalue weighted by molar-refractivity contribution is 9.10. The summed E-state index contributed by atoms with van der Waals surface area (Å²) in [4.78, 5) is 33.9. The Morgan fingerprint density at radius 3 is 2.05 bits per heavy atom. The Morgan fingerprint density at radius 1 is 0.816 bits per heavy atom. The number of Topliss-reactive ketones (excluding diaryl/α,β-unsaturated/α-hetero) is 1. The summed E-state index contributed by atoms with van der Waals surface area (Å²) >= 11 is 8.41. The van der Waals surface area contributed by atoms with E-state index >= 15 is 0 Å². The van der Waals surface area contributed by atoms with Gasteiger partial charge in [0.2, 0.25) is 0 Å². The summed E-state index contributed by atoms with van der Waals surface area (Å²) in [7, 11) is 0. The van der Waals surface area contributed by atoms with Crippen LogP contribution < -0.4 is 0 Å². The summed E-state index contributed by atoms with van der Waals surface area (Å²) in [5, 5.41) is 0.778. The van der Waals surface area contributed by atoms with Gasteiger partial charge in [0, 0.05) is 39.6 Å². The molecule has 0 radical (unpaired) electrons. The molecule has 2 heterocycles. The zero-order chi connectivity index (χ0) is 26.5. The van der Waals surface area contributed by atoms with Crippen molar-refractivity contribution in [3.05, 3.63) is 115 Å². The van der Waals surface area contributed by atoms with Crippen LogP contribution in [0.25, 0.3) is 11.1 Å². The number of amidine groups is 1. The van der Waals surface area contributed by atoms with E-state index in [0.717, 1.165) is 62.3 Å². The van der Waals surface area contributed by atoms with Crippen LogP contribution in [0.2, 0.25) is 0 Å². The number of hydrogen-bond donors (Lipinski definition) is 0. The smallest absolute Gasteiger partial charge is 0.286 e. The van der Waals surface area contributed by atoms with Crippen LogP contribution in [0.4, 0.5) is 0 Å². The molecule has 0 unspecified atom stereocenters. The number of aliphatic imine (C=N–C) groups is 1. The average molecular weight is 650 g/mol. The predicted molar refractivity (Wildman–Crippen MR) is 164 cm³/mol. The van der Waals surface area contributed by atoms with Crippen molar-refractivity contribution < 1.29 is 9.59 Å². The molecule has 1 fully saturated rings. The Kier molecular flexibility index (Phi) is 8.77. The molecule has 2 aliphatic rings. The number of ketones is 1. The number of allylic oxidation sites excluding steroid dienone is 3. The normalized spacial score (nSPS) is 17.4. The summed E-state index contributed by atoms with van der Waals surface area (Å²) in [6.07, 6.45) is 5.65. The van der Waals surface area contributed by atoms with Gasteiger partial charge in [0.1, 0.15) is 0 Å². The maximum Gasteiger partial charge on any atom is 0.286 e. The van der Waals surface area contributed by atoms with E-state index in [2.05, 4.69) is 41.8 Å². The average Bonchev–Trinajstić information content (AvgIpc) is 3.34. The maximum absolute atomic E-state index is 13.4. The van der Waals surface area contributed by atoms with Crippen molar-refractivity contribution in [3.63, 3.8) is 0 Å². The molecule has 2 aliphatic heterocycles. The first kappa shape index (κ1) is 26.9. The number of hydrogen-bond acceptors (Lipinski definition) is 4. The van der Waals surface area contributed by atoms with Gasteiger partial charge in [0.25, 0.3) is 5.91 Å². The molecule has 0 saturated carbocycles. The Balaban J connectivity index is 1.58. The highest BCUT2D eigenvalue weighted by atomic mass is 79.9. The number of rotatable bonds is 6. The molecule has 7 heteroatoms. The Bertz CT molecular complexity index is 1420. The van der Waals surface area contributed by atoms with Crippen LogP contribution in [-0.4, -0.2) is 34.8 Å². The van der Waals surface area contributed by atoms with E-state index in [1.807, 2.05) is 84.9 Å². The molecular formula is C31H26Br2N2O2S. The van der Waals surface area contributed by atoms with Crippen LogP contribution in [0.3, 0.4) is 0 Å². The zero-order valence-corrected chi connectivity index (χ0v) is 24.7. The van der Waals surface area contributed by atoms with Crippen molar-refractivity contribution >= 4 is 71.6 Å².